The number of esters is 2. The van der Waals surface area contributed by atoms with Crippen molar-refractivity contribution in [3.8, 4) is 0 Å². The Bertz CT molecular complexity index is 1400. The standard InChI is InChI=1S/C53H93O13P/c1-3-5-7-9-11-13-15-17-19-21-22-23-24-26-28-30-32-34-36-38-40-42-47(55)65-45(44-64-67(61,62)66-53-51(59)49(57)48(56)50(58)52(53)60)43-63-46(54)41-39-37-35-33-31-29-27-25-20-18-16-14-12-10-8-6-4-2/h8,10,14,16-17,19-20,25,29,31,45,48-53,56-60H,3-7,9,11-13,15,18,21-24,26-28,30,32-44H2,1-2H3,(H,61,62)/b10-8+,16-14+,19-17+,25-20+,31-29+/t45-,48?,49-,50?,51?,52?,53?/m1/s1. The van der Waals surface area contributed by atoms with E-state index < -0.39 is 75.7 Å². The van der Waals surface area contributed by atoms with Gasteiger partial charge in [0.15, 0.2) is 6.10 Å². The van der Waals surface area contributed by atoms with Gasteiger partial charge in [0, 0.05) is 12.8 Å². The van der Waals surface area contributed by atoms with E-state index in [4.69, 9.17) is 18.5 Å². The molecule has 1 fully saturated rings. The van der Waals surface area contributed by atoms with Crippen molar-refractivity contribution in [1.29, 1.82) is 0 Å². The zero-order valence-corrected chi connectivity index (χ0v) is 42.3. The van der Waals surface area contributed by atoms with Crippen molar-refractivity contribution >= 4 is 19.8 Å². The Balaban J connectivity index is 2.41. The number of phosphoric acid groups is 1. The summed E-state index contributed by atoms with van der Waals surface area (Å²) in [5.74, 6) is -1.14. The van der Waals surface area contributed by atoms with Gasteiger partial charge in [-0.3, -0.25) is 18.6 Å². The van der Waals surface area contributed by atoms with Crippen LogP contribution in [0.5, 0.6) is 0 Å². The van der Waals surface area contributed by atoms with Crippen molar-refractivity contribution in [2.75, 3.05) is 13.2 Å². The lowest BCUT2D eigenvalue weighted by atomic mass is 9.85. The first-order valence-corrected chi connectivity index (χ1v) is 27.6. The van der Waals surface area contributed by atoms with Crippen LogP contribution in [0.15, 0.2) is 60.8 Å². The summed E-state index contributed by atoms with van der Waals surface area (Å²) in [5, 5.41) is 50.3. The molecule has 1 aliphatic rings. The highest BCUT2D eigenvalue weighted by atomic mass is 31.2. The quantitative estimate of drug-likeness (QED) is 0.0146. The lowest BCUT2D eigenvalue weighted by molar-refractivity contribution is -0.220. The van der Waals surface area contributed by atoms with Crippen LogP contribution < -0.4 is 0 Å². The smallest absolute Gasteiger partial charge is 0.462 e. The van der Waals surface area contributed by atoms with Crippen LogP contribution in [0.2, 0.25) is 0 Å². The normalized spacial score (nSPS) is 21.6. The Morgan fingerprint density at radius 1 is 0.463 bits per heavy atom. The van der Waals surface area contributed by atoms with E-state index in [0.717, 1.165) is 70.6 Å². The van der Waals surface area contributed by atoms with Gasteiger partial charge in [-0.1, -0.05) is 177 Å². The number of carbonyl (C=O) groups excluding carboxylic acids is 2. The molecule has 0 aromatic rings. The summed E-state index contributed by atoms with van der Waals surface area (Å²) in [6, 6.07) is 0. The zero-order valence-electron chi connectivity index (χ0n) is 41.4. The summed E-state index contributed by atoms with van der Waals surface area (Å²) in [4.78, 5) is 35.8. The van der Waals surface area contributed by atoms with Crippen molar-refractivity contribution in [2.24, 2.45) is 0 Å². The fourth-order valence-corrected chi connectivity index (χ4v) is 8.60. The van der Waals surface area contributed by atoms with Crippen molar-refractivity contribution in [3.63, 3.8) is 0 Å². The molecule has 0 aromatic carbocycles. The van der Waals surface area contributed by atoms with Crippen LogP contribution in [0, 0.1) is 0 Å². The Labute approximate surface area is 404 Å². The molecule has 6 N–H and O–H groups in total. The fourth-order valence-electron chi connectivity index (χ4n) is 7.63. The lowest BCUT2D eigenvalue weighted by Gasteiger charge is -2.41. The highest BCUT2D eigenvalue weighted by Crippen LogP contribution is 2.47. The minimum Gasteiger partial charge on any atom is -0.462 e. The molecule has 0 spiro atoms. The number of ether oxygens (including phenoxy) is 2. The Morgan fingerprint density at radius 2 is 0.836 bits per heavy atom. The van der Waals surface area contributed by atoms with E-state index >= 15 is 0 Å². The average molecular weight is 969 g/mol. The van der Waals surface area contributed by atoms with Crippen LogP contribution >= 0.6 is 7.82 Å². The molecule has 14 heteroatoms. The number of aliphatic hydroxyl groups excluding tert-OH is 5. The van der Waals surface area contributed by atoms with E-state index in [0.29, 0.717) is 12.8 Å². The molecule has 0 amide bonds. The molecule has 0 bridgehead atoms. The lowest BCUT2D eigenvalue weighted by Crippen LogP contribution is -2.64. The Morgan fingerprint density at radius 3 is 1.31 bits per heavy atom. The van der Waals surface area contributed by atoms with Gasteiger partial charge >= 0.3 is 19.8 Å². The van der Waals surface area contributed by atoms with Crippen LogP contribution in [0.25, 0.3) is 0 Å². The minimum atomic E-state index is -5.13. The third-order valence-corrected chi connectivity index (χ3v) is 12.8. The third-order valence-electron chi connectivity index (χ3n) is 11.8. The predicted octanol–water partition coefficient (Wildman–Crippen LogP) is 11.3. The van der Waals surface area contributed by atoms with Crippen LogP contribution in [0.1, 0.15) is 206 Å². The van der Waals surface area contributed by atoms with E-state index in [1.54, 1.807) is 0 Å². The molecule has 1 aliphatic carbocycles. The van der Waals surface area contributed by atoms with Crippen molar-refractivity contribution in [3.05, 3.63) is 60.8 Å². The minimum absolute atomic E-state index is 0.0872. The maximum Gasteiger partial charge on any atom is 0.472 e. The number of allylic oxidation sites excluding steroid dienone is 10. The first-order chi connectivity index (χ1) is 32.4. The molecule has 0 heterocycles. The summed E-state index contributed by atoms with van der Waals surface area (Å²) in [6.45, 7) is 3.22. The summed E-state index contributed by atoms with van der Waals surface area (Å²) in [5.41, 5.74) is 0. The Kier molecular flexibility index (Phi) is 39.6. The van der Waals surface area contributed by atoms with Crippen LogP contribution in [0.4, 0.5) is 0 Å². The first kappa shape index (κ1) is 62.6. The largest absolute Gasteiger partial charge is 0.472 e. The average Bonchev–Trinajstić information content (AvgIpc) is 3.31. The number of hydrogen-bond acceptors (Lipinski definition) is 12. The van der Waals surface area contributed by atoms with Crippen LogP contribution in [0.3, 0.4) is 0 Å². The van der Waals surface area contributed by atoms with E-state index in [-0.39, 0.29) is 12.8 Å². The molecule has 1 rings (SSSR count). The number of unbranched alkanes of at least 4 members (excludes halogenated alkanes) is 21. The summed E-state index contributed by atoms with van der Waals surface area (Å²) in [7, 11) is -5.13. The van der Waals surface area contributed by atoms with Gasteiger partial charge in [-0.15, -0.1) is 0 Å². The summed E-state index contributed by atoms with van der Waals surface area (Å²) >= 11 is 0. The van der Waals surface area contributed by atoms with Gasteiger partial charge < -0.3 is 39.9 Å². The van der Waals surface area contributed by atoms with Crippen molar-refractivity contribution in [1.82, 2.24) is 0 Å². The van der Waals surface area contributed by atoms with Gasteiger partial charge in [0.1, 0.15) is 43.2 Å². The fraction of sp³-hybridized carbons (Fsp3) is 0.774. The van der Waals surface area contributed by atoms with Gasteiger partial charge in [0.25, 0.3) is 0 Å². The topological polar surface area (TPSA) is 210 Å². The number of phosphoric ester groups is 1. The molecule has 13 nitrogen and oxygen atoms in total. The van der Waals surface area contributed by atoms with Gasteiger partial charge in [-0.05, 0) is 77.0 Å². The summed E-state index contributed by atoms with van der Waals surface area (Å²) in [6.07, 6.45) is 39.8. The maximum atomic E-state index is 12.9. The van der Waals surface area contributed by atoms with Gasteiger partial charge in [-0.2, -0.15) is 0 Å². The molecule has 0 aliphatic heterocycles. The Hall–Kier alpha value is -2.45. The predicted molar refractivity (Wildman–Crippen MR) is 267 cm³/mol. The SMILES string of the molecule is CCC/C=C/C/C=C/C/C=C/C/C=C/CCCCCC(=O)OC[C@H](COP(=O)(O)OC1C(O)C(O)C(O)[C@@H](O)C1O)OC(=O)CCCCCCCCCCCCC/C=C/CCCCCCCC. The molecule has 0 aromatic heterocycles. The molecular formula is C53H93O13P. The van der Waals surface area contributed by atoms with Gasteiger partial charge in [0.05, 0.1) is 6.61 Å². The second-order valence-electron chi connectivity index (χ2n) is 18.0. The van der Waals surface area contributed by atoms with Crippen LogP contribution in [-0.2, 0) is 32.7 Å². The van der Waals surface area contributed by atoms with Crippen molar-refractivity contribution < 1.29 is 63.1 Å². The highest BCUT2D eigenvalue weighted by Gasteiger charge is 2.51. The molecule has 388 valence electrons. The van der Waals surface area contributed by atoms with E-state index in [2.05, 4.69) is 74.6 Å². The van der Waals surface area contributed by atoms with Crippen molar-refractivity contribution in [2.45, 2.75) is 249 Å². The third kappa shape index (κ3) is 34.5. The van der Waals surface area contributed by atoms with E-state index in [1.807, 2.05) is 0 Å². The second-order valence-corrected chi connectivity index (χ2v) is 19.4. The molecule has 67 heavy (non-hydrogen) atoms. The molecule has 1 saturated carbocycles. The first-order valence-electron chi connectivity index (χ1n) is 26.1. The number of hydrogen-bond donors (Lipinski definition) is 6. The maximum absolute atomic E-state index is 12.9. The number of aliphatic hydroxyl groups is 5. The molecule has 0 radical (unpaired) electrons. The van der Waals surface area contributed by atoms with E-state index in [9.17, 15) is 44.6 Å². The summed E-state index contributed by atoms with van der Waals surface area (Å²) < 4.78 is 33.6. The van der Waals surface area contributed by atoms with E-state index in [1.165, 1.54) is 96.3 Å². The van der Waals surface area contributed by atoms with Gasteiger partial charge in [-0.25, -0.2) is 4.57 Å². The zero-order chi connectivity index (χ0) is 49.2. The second kappa shape index (κ2) is 42.4. The molecule has 8 atom stereocenters. The molecular weight excluding hydrogens is 876 g/mol. The molecule has 6 unspecified atom stereocenters. The number of rotatable bonds is 43. The van der Waals surface area contributed by atoms with Crippen LogP contribution in [-0.4, -0.2) is 98.3 Å². The highest BCUT2D eigenvalue weighted by molar-refractivity contribution is 7.47. The monoisotopic (exact) mass is 969 g/mol. The van der Waals surface area contributed by atoms with Gasteiger partial charge in [0.2, 0.25) is 0 Å². The number of carbonyl (C=O) groups is 2. The molecule has 0 saturated heterocycles.